The Morgan fingerprint density at radius 3 is 2.65 bits per heavy atom. The Morgan fingerprint density at radius 2 is 2.06 bits per heavy atom. The van der Waals surface area contributed by atoms with E-state index in [-0.39, 0.29) is 10.8 Å². The van der Waals surface area contributed by atoms with Crippen LogP contribution in [0, 0.1) is 0 Å². The topological polar surface area (TPSA) is 47.3 Å². The van der Waals surface area contributed by atoms with Crippen LogP contribution in [0.2, 0.25) is 5.15 Å². The van der Waals surface area contributed by atoms with Crippen molar-refractivity contribution in [2.75, 3.05) is 0 Å². The van der Waals surface area contributed by atoms with E-state index in [1.165, 1.54) is 0 Å². The summed E-state index contributed by atoms with van der Waals surface area (Å²) < 4.78 is 37.9. The lowest BCUT2D eigenvalue weighted by atomic mass is 10.4. The molecule has 0 bridgehead atoms. The molecule has 2 heterocycles. The maximum Gasteiger partial charge on any atom is 0.434 e. The van der Waals surface area contributed by atoms with Crippen molar-refractivity contribution in [3.63, 3.8) is 0 Å². The normalized spacial score (nSPS) is 12.1. The van der Waals surface area contributed by atoms with Crippen molar-refractivity contribution in [1.82, 2.24) is 14.4 Å². The summed E-state index contributed by atoms with van der Waals surface area (Å²) in [5.74, 6) is 0. The summed E-state index contributed by atoms with van der Waals surface area (Å²) in [4.78, 5) is 18.5. The van der Waals surface area contributed by atoms with Gasteiger partial charge in [-0.1, -0.05) is 11.6 Å². The summed E-state index contributed by atoms with van der Waals surface area (Å²) in [6.45, 7) is 0. The van der Waals surface area contributed by atoms with Crippen LogP contribution in [0.3, 0.4) is 0 Å². The molecule has 4 nitrogen and oxygen atoms in total. The monoisotopic (exact) mass is 327 g/mol. The van der Waals surface area contributed by atoms with Crippen LogP contribution >= 0.6 is 27.5 Å². The van der Waals surface area contributed by atoms with Crippen LogP contribution in [0.1, 0.15) is 5.69 Å². The smallest absolute Gasteiger partial charge is 0.268 e. The SMILES string of the molecule is O=c1c(Br)c(C(F)(F)F)nc2cnc(Cl)cn12. The van der Waals surface area contributed by atoms with Crippen LogP contribution in [0.5, 0.6) is 0 Å². The third kappa shape index (κ3) is 2.14. The summed E-state index contributed by atoms with van der Waals surface area (Å²) in [6.07, 6.45) is -2.63. The molecule has 2 aromatic heterocycles. The number of nitrogens with zero attached hydrogens (tertiary/aromatic N) is 3. The van der Waals surface area contributed by atoms with E-state index < -0.39 is 21.9 Å². The van der Waals surface area contributed by atoms with E-state index in [9.17, 15) is 18.0 Å². The average molecular weight is 328 g/mol. The molecule has 0 N–H and O–H groups in total. The van der Waals surface area contributed by atoms with Gasteiger partial charge in [0.2, 0.25) is 0 Å². The Morgan fingerprint density at radius 1 is 1.41 bits per heavy atom. The molecule has 2 rings (SSSR count). The number of hydrogen-bond donors (Lipinski definition) is 0. The van der Waals surface area contributed by atoms with E-state index in [1.54, 1.807) is 0 Å². The van der Waals surface area contributed by atoms with Crippen molar-refractivity contribution in [1.29, 1.82) is 0 Å². The van der Waals surface area contributed by atoms with Crippen LogP contribution in [0.25, 0.3) is 5.65 Å². The summed E-state index contributed by atoms with van der Waals surface area (Å²) in [6, 6.07) is 0. The van der Waals surface area contributed by atoms with Gasteiger partial charge in [0.05, 0.1) is 12.4 Å². The highest BCUT2D eigenvalue weighted by molar-refractivity contribution is 9.10. The van der Waals surface area contributed by atoms with Crippen LogP contribution in [0.4, 0.5) is 13.2 Å². The van der Waals surface area contributed by atoms with Gasteiger partial charge in [0, 0.05) is 0 Å². The highest BCUT2D eigenvalue weighted by Crippen LogP contribution is 2.31. The molecule has 0 fully saturated rings. The molecule has 0 radical (unpaired) electrons. The van der Waals surface area contributed by atoms with Crippen molar-refractivity contribution in [3.8, 4) is 0 Å². The fourth-order valence-corrected chi connectivity index (χ4v) is 1.84. The molecule has 0 aliphatic carbocycles. The molecule has 0 saturated carbocycles. The van der Waals surface area contributed by atoms with Crippen LogP contribution in [-0.2, 0) is 6.18 Å². The minimum absolute atomic E-state index is 0.0203. The molecule has 9 heteroatoms. The number of halogens is 5. The zero-order valence-corrected chi connectivity index (χ0v) is 10.1. The van der Waals surface area contributed by atoms with Crippen molar-refractivity contribution in [3.05, 3.63) is 38.1 Å². The highest BCUT2D eigenvalue weighted by Gasteiger charge is 2.36. The van der Waals surface area contributed by atoms with Crippen molar-refractivity contribution >= 4 is 33.2 Å². The molecule has 0 amide bonds. The number of fused-ring (bicyclic) bond motifs is 1. The Balaban J connectivity index is 2.90. The second-order valence-electron chi connectivity index (χ2n) is 3.02. The van der Waals surface area contributed by atoms with Gasteiger partial charge < -0.3 is 0 Å². The molecule has 0 spiro atoms. The van der Waals surface area contributed by atoms with Crippen molar-refractivity contribution in [2.45, 2.75) is 6.18 Å². The molecule has 2 aromatic rings. The first-order valence-corrected chi connectivity index (χ1v) is 5.28. The average Bonchev–Trinajstić information content (AvgIpc) is 2.22. The maximum absolute atomic E-state index is 12.5. The maximum atomic E-state index is 12.5. The van der Waals surface area contributed by atoms with Crippen LogP contribution < -0.4 is 5.56 Å². The third-order valence-corrected chi connectivity index (χ3v) is 2.81. The van der Waals surface area contributed by atoms with Gasteiger partial charge in [-0.2, -0.15) is 13.2 Å². The number of alkyl halides is 3. The lowest BCUT2D eigenvalue weighted by molar-refractivity contribution is -0.141. The van der Waals surface area contributed by atoms with E-state index in [2.05, 4.69) is 25.9 Å². The summed E-state index contributed by atoms with van der Waals surface area (Å²) in [5, 5.41) is -0.0203. The summed E-state index contributed by atoms with van der Waals surface area (Å²) in [5.41, 5.74) is -2.41. The molecule has 0 atom stereocenters. The predicted molar refractivity (Wildman–Crippen MR) is 57.0 cm³/mol. The Hall–Kier alpha value is -1.15. The van der Waals surface area contributed by atoms with Gasteiger partial charge in [-0.05, 0) is 15.9 Å². The fourth-order valence-electron chi connectivity index (χ4n) is 1.19. The standard InChI is InChI=1S/C8H2BrClF3N3O/c9-5-6(8(11,12)13)15-4-1-14-3(10)2-16(4)7(5)17/h1-2H. The van der Waals surface area contributed by atoms with Gasteiger partial charge in [0.25, 0.3) is 5.56 Å². The van der Waals surface area contributed by atoms with Crippen LogP contribution in [-0.4, -0.2) is 14.4 Å². The van der Waals surface area contributed by atoms with E-state index in [0.717, 1.165) is 16.8 Å². The van der Waals surface area contributed by atoms with Crippen LogP contribution in [0.15, 0.2) is 21.7 Å². The number of hydrogen-bond acceptors (Lipinski definition) is 3. The molecule has 0 aromatic carbocycles. The van der Waals surface area contributed by atoms with Gasteiger partial charge in [-0.25, -0.2) is 9.97 Å². The van der Waals surface area contributed by atoms with Crippen molar-refractivity contribution < 1.29 is 13.2 Å². The number of aromatic nitrogens is 3. The number of rotatable bonds is 0. The Bertz CT molecular complexity index is 655. The molecule has 0 unspecified atom stereocenters. The Kier molecular flexibility index (Phi) is 2.86. The zero-order valence-electron chi connectivity index (χ0n) is 7.79. The van der Waals surface area contributed by atoms with E-state index in [1.807, 2.05) is 0 Å². The molecule has 0 saturated heterocycles. The summed E-state index contributed by atoms with van der Waals surface area (Å²) >= 11 is 8.12. The van der Waals surface area contributed by atoms with Crippen molar-refractivity contribution in [2.24, 2.45) is 0 Å². The lowest BCUT2D eigenvalue weighted by Gasteiger charge is -2.09. The molecule has 17 heavy (non-hydrogen) atoms. The molecule has 0 aliphatic rings. The molecular weight excluding hydrogens is 326 g/mol. The van der Waals surface area contributed by atoms with Gasteiger partial charge in [-0.3, -0.25) is 9.20 Å². The second-order valence-corrected chi connectivity index (χ2v) is 4.20. The van der Waals surface area contributed by atoms with E-state index in [4.69, 9.17) is 11.6 Å². The minimum Gasteiger partial charge on any atom is -0.268 e. The molecule has 0 aliphatic heterocycles. The van der Waals surface area contributed by atoms with Gasteiger partial charge in [0.15, 0.2) is 11.3 Å². The van der Waals surface area contributed by atoms with Gasteiger partial charge >= 0.3 is 6.18 Å². The first kappa shape index (κ1) is 12.3. The highest BCUT2D eigenvalue weighted by atomic mass is 79.9. The zero-order chi connectivity index (χ0) is 12.8. The predicted octanol–water partition coefficient (Wildman–Crippen LogP) is 2.52. The molecular formula is C8H2BrClF3N3O. The molecule has 90 valence electrons. The Labute approximate surface area is 105 Å². The minimum atomic E-state index is -4.72. The van der Waals surface area contributed by atoms with Gasteiger partial charge in [0.1, 0.15) is 9.63 Å². The van der Waals surface area contributed by atoms with E-state index in [0.29, 0.717) is 0 Å². The third-order valence-electron chi connectivity index (χ3n) is 1.90. The lowest BCUT2D eigenvalue weighted by Crippen LogP contribution is -2.22. The largest absolute Gasteiger partial charge is 0.434 e. The van der Waals surface area contributed by atoms with E-state index >= 15 is 0 Å². The quantitative estimate of drug-likeness (QED) is 0.746. The second kappa shape index (κ2) is 3.95. The van der Waals surface area contributed by atoms with Gasteiger partial charge in [-0.15, -0.1) is 0 Å². The first-order valence-electron chi connectivity index (χ1n) is 4.11. The first-order chi connectivity index (χ1) is 7.80. The fraction of sp³-hybridized carbons (Fsp3) is 0.125. The summed E-state index contributed by atoms with van der Waals surface area (Å²) in [7, 11) is 0.